The molecule has 122 valence electrons. The SMILES string of the molecule is CC(=O)c1ccc(C(=O)N[C@H](C)c2ccc(OC(F)F)cc2)s1. The first kappa shape index (κ1) is 17.1. The third-order valence-corrected chi connectivity index (χ3v) is 4.31. The molecular formula is C16H15F2NO3S. The fraction of sp³-hybridized carbons (Fsp3) is 0.250. The Morgan fingerprint density at radius 1 is 1.09 bits per heavy atom. The molecule has 0 radical (unpaired) electrons. The first-order valence-electron chi connectivity index (χ1n) is 6.83. The number of ketones is 1. The van der Waals surface area contributed by atoms with Crippen LogP contribution in [0.25, 0.3) is 0 Å². The molecule has 7 heteroatoms. The van der Waals surface area contributed by atoms with Gasteiger partial charge >= 0.3 is 6.61 Å². The number of amides is 1. The van der Waals surface area contributed by atoms with Crippen LogP contribution in [0.3, 0.4) is 0 Å². The summed E-state index contributed by atoms with van der Waals surface area (Å²) in [4.78, 5) is 24.4. The smallest absolute Gasteiger partial charge is 0.387 e. The minimum Gasteiger partial charge on any atom is -0.435 e. The first-order chi connectivity index (χ1) is 10.9. The number of nitrogens with one attached hydrogen (secondary N) is 1. The lowest BCUT2D eigenvalue weighted by Gasteiger charge is -2.14. The number of carbonyl (C=O) groups excluding carboxylic acids is 2. The summed E-state index contributed by atoms with van der Waals surface area (Å²) >= 11 is 1.13. The molecular weight excluding hydrogens is 324 g/mol. The van der Waals surface area contributed by atoms with Crippen molar-refractivity contribution in [2.45, 2.75) is 26.5 Å². The van der Waals surface area contributed by atoms with Crippen molar-refractivity contribution in [2.75, 3.05) is 0 Å². The van der Waals surface area contributed by atoms with E-state index < -0.39 is 6.61 Å². The van der Waals surface area contributed by atoms with E-state index in [2.05, 4.69) is 10.1 Å². The van der Waals surface area contributed by atoms with Gasteiger partial charge in [-0.15, -0.1) is 11.3 Å². The van der Waals surface area contributed by atoms with Gasteiger partial charge in [-0.3, -0.25) is 9.59 Å². The fourth-order valence-electron chi connectivity index (χ4n) is 1.94. The molecule has 0 unspecified atom stereocenters. The Hall–Kier alpha value is -2.28. The minimum absolute atomic E-state index is 0.0617. The van der Waals surface area contributed by atoms with Gasteiger partial charge in [-0.1, -0.05) is 12.1 Å². The van der Waals surface area contributed by atoms with Crippen molar-refractivity contribution in [3.63, 3.8) is 0 Å². The molecule has 1 aromatic carbocycles. The van der Waals surface area contributed by atoms with Crippen molar-refractivity contribution in [2.24, 2.45) is 0 Å². The van der Waals surface area contributed by atoms with Crippen LogP contribution in [0.4, 0.5) is 8.78 Å². The monoisotopic (exact) mass is 339 g/mol. The van der Waals surface area contributed by atoms with E-state index in [1.54, 1.807) is 31.2 Å². The predicted octanol–water partition coefficient (Wildman–Crippen LogP) is 4.04. The van der Waals surface area contributed by atoms with E-state index >= 15 is 0 Å². The van der Waals surface area contributed by atoms with Crippen LogP contribution in [0, 0.1) is 0 Å². The largest absolute Gasteiger partial charge is 0.435 e. The molecule has 1 amide bonds. The molecule has 0 aliphatic heterocycles. The van der Waals surface area contributed by atoms with E-state index in [0.29, 0.717) is 9.75 Å². The van der Waals surface area contributed by atoms with Gasteiger partial charge in [-0.2, -0.15) is 8.78 Å². The standard InChI is InChI=1S/C16H15F2NO3S/c1-9(11-3-5-12(6-4-11)22-16(17)18)19-15(21)14-8-7-13(23-14)10(2)20/h3-9,16H,1-2H3,(H,19,21)/t9-/m1/s1. The second kappa shape index (κ2) is 7.32. The van der Waals surface area contributed by atoms with Gasteiger partial charge < -0.3 is 10.1 Å². The average Bonchev–Trinajstić information content (AvgIpc) is 2.97. The Labute approximate surface area is 136 Å². The summed E-state index contributed by atoms with van der Waals surface area (Å²) in [7, 11) is 0. The Kier molecular flexibility index (Phi) is 5.44. The molecule has 0 saturated carbocycles. The van der Waals surface area contributed by atoms with Gasteiger partial charge in [0.15, 0.2) is 5.78 Å². The first-order valence-corrected chi connectivity index (χ1v) is 7.65. The molecule has 23 heavy (non-hydrogen) atoms. The Balaban J connectivity index is 2.01. The zero-order valence-electron chi connectivity index (χ0n) is 12.5. The van der Waals surface area contributed by atoms with Gasteiger partial charge in [0.2, 0.25) is 0 Å². The van der Waals surface area contributed by atoms with Gasteiger partial charge in [-0.05, 0) is 43.7 Å². The number of Topliss-reactive ketones (excluding diaryl/α,β-unsaturated/α-hetero) is 1. The zero-order chi connectivity index (χ0) is 17.0. The Morgan fingerprint density at radius 3 is 2.22 bits per heavy atom. The number of halogens is 2. The highest BCUT2D eigenvalue weighted by molar-refractivity contribution is 7.15. The highest BCUT2D eigenvalue weighted by atomic mass is 32.1. The van der Waals surface area contributed by atoms with Crippen molar-refractivity contribution < 1.29 is 23.1 Å². The highest BCUT2D eigenvalue weighted by Gasteiger charge is 2.15. The van der Waals surface area contributed by atoms with E-state index in [1.165, 1.54) is 19.1 Å². The van der Waals surface area contributed by atoms with Crippen LogP contribution in [0.5, 0.6) is 5.75 Å². The summed E-state index contributed by atoms with van der Waals surface area (Å²) in [5.41, 5.74) is 0.753. The summed E-state index contributed by atoms with van der Waals surface area (Å²) in [6.07, 6.45) is 0. The highest BCUT2D eigenvalue weighted by Crippen LogP contribution is 2.21. The molecule has 2 rings (SSSR count). The lowest BCUT2D eigenvalue weighted by atomic mass is 10.1. The molecule has 0 aliphatic rings. The zero-order valence-corrected chi connectivity index (χ0v) is 13.3. The van der Waals surface area contributed by atoms with Gasteiger partial charge in [0.05, 0.1) is 15.8 Å². The van der Waals surface area contributed by atoms with E-state index in [-0.39, 0.29) is 23.5 Å². The van der Waals surface area contributed by atoms with E-state index in [1.807, 2.05) is 0 Å². The second-order valence-electron chi connectivity index (χ2n) is 4.86. The van der Waals surface area contributed by atoms with Crippen LogP contribution in [0.15, 0.2) is 36.4 Å². The van der Waals surface area contributed by atoms with E-state index in [9.17, 15) is 18.4 Å². The van der Waals surface area contributed by atoms with Crippen LogP contribution in [-0.2, 0) is 0 Å². The topological polar surface area (TPSA) is 55.4 Å². The molecule has 0 fully saturated rings. The summed E-state index contributed by atoms with van der Waals surface area (Å²) in [5.74, 6) is -0.314. The van der Waals surface area contributed by atoms with Crippen molar-refractivity contribution >= 4 is 23.0 Å². The Bertz CT molecular complexity index is 698. The molecule has 2 aromatic rings. The predicted molar refractivity (Wildman–Crippen MR) is 83.3 cm³/mol. The van der Waals surface area contributed by atoms with Crippen LogP contribution >= 0.6 is 11.3 Å². The van der Waals surface area contributed by atoms with Crippen molar-refractivity contribution in [1.82, 2.24) is 5.32 Å². The average molecular weight is 339 g/mol. The van der Waals surface area contributed by atoms with E-state index in [0.717, 1.165) is 16.9 Å². The van der Waals surface area contributed by atoms with Crippen LogP contribution in [0.2, 0.25) is 0 Å². The number of alkyl halides is 2. The van der Waals surface area contributed by atoms with Gasteiger partial charge in [0.1, 0.15) is 5.75 Å². The molecule has 4 nitrogen and oxygen atoms in total. The van der Waals surface area contributed by atoms with Crippen molar-refractivity contribution in [3.05, 3.63) is 51.7 Å². The maximum Gasteiger partial charge on any atom is 0.387 e. The Morgan fingerprint density at radius 2 is 1.70 bits per heavy atom. The lowest BCUT2D eigenvalue weighted by Crippen LogP contribution is -2.25. The van der Waals surface area contributed by atoms with Gasteiger partial charge in [0.25, 0.3) is 5.91 Å². The fourth-order valence-corrected chi connectivity index (χ4v) is 2.74. The third kappa shape index (κ3) is 4.59. The summed E-state index contributed by atoms with van der Waals surface area (Å²) in [5, 5.41) is 2.80. The molecule has 0 aliphatic carbocycles. The second-order valence-corrected chi connectivity index (χ2v) is 5.95. The van der Waals surface area contributed by atoms with Crippen molar-refractivity contribution in [3.8, 4) is 5.75 Å². The summed E-state index contributed by atoms with van der Waals surface area (Å²) in [6, 6.07) is 8.96. The van der Waals surface area contributed by atoms with Gasteiger partial charge in [0, 0.05) is 0 Å². The number of rotatable bonds is 6. The van der Waals surface area contributed by atoms with Gasteiger partial charge in [-0.25, -0.2) is 0 Å². The molecule has 1 N–H and O–H groups in total. The number of hydrogen-bond donors (Lipinski definition) is 1. The van der Waals surface area contributed by atoms with Crippen LogP contribution in [0.1, 0.15) is 44.8 Å². The maximum absolute atomic E-state index is 12.1. The molecule has 1 heterocycles. The quantitative estimate of drug-likeness (QED) is 0.808. The van der Waals surface area contributed by atoms with Crippen molar-refractivity contribution in [1.29, 1.82) is 0 Å². The maximum atomic E-state index is 12.1. The van der Waals surface area contributed by atoms with Crippen LogP contribution in [-0.4, -0.2) is 18.3 Å². The summed E-state index contributed by atoms with van der Waals surface area (Å²) in [6.45, 7) is 0.353. The number of carbonyl (C=O) groups is 2. The lowest BCUT2D eigenvalue weighted by molar-refractivity contribution is -0.0498. The molecule has 1 atom stereocenters. The van der Waals surface area contributed by atoms with Crippen LogP contribution < -0.4 is 10.1 Å². The minimum atomic E-state index is -2.87. The molecule has 0 spiro atoms. The molecule has 0 saturated heterocycles. The normalized spacial score (nSPS) is 12.0. The molecule has 1 aromatic heterocycles. The number of hydrogen-bond acceptors (Lipinski definition) is 4. The third-order valence-electron chi connectivity index (χ3n) is 3.13. The van der Waals surface area contributed by atoms with E-state index in [4.69, 9.17) is 0 Å². The molecule has 0 bridgehead atoms. The number of ether oxygens (including phenoxy) is 1. The number of benzene rings is 1. The number of thiophene rings is 1. The summed E-state index contributed by atoms with van der Waals surface area (Å²) < 4.78 is 28.5.